The topological polar surface area (TPSA) is 41.6 Å². The van der Waals surface area contributed by atoms with E-state index in [1.54, 1.807) is 0 Å². The minimum absolute atomic E-state index is 0.0174. The van der Waals surface area contributed by atoms with Gasteiger partial charge in [0.15, 0.2) is 6.23 Å². The number of hydrogen-bond acceptors (Lipinski definition) is 3. The largest absolute Gasteiger partial charge is 0.470 e. The van der Waals surface area contributed by atoms with Crippen molar-refractivity contribution in [2.45, 2.75) is 26.0 Å². The number of likely N-dealkylation sites (N-methyl/N-ethyl adjacent to an activating group) is 1. The highest BCUT2D eigenvalue weighted by molar-refractivity contribution is 5.80. The number of benzene rings is 2. The molecular weight excluding hydrogens is 336 g/mol. The van der Waals surface area contributed by atoms with Gasteiger partial charge in [0.2, 0.25) is 5.91 Å². The maximum Gasteiger partial charge on any atom is 0.228 e. The number of carbonyl (C=O) groups excluding carboxylic acids is 1. The second kappa shape index (κ2) is 7.73. The van der Waals surface area contributed by atoms with E-state index in [1.165, 1.54) is 11.1 Å². The Bertz CT molecular complexity index is 767. The standard InChI is InChI=1S/C23H28N2O2/c1-16-14-24-15-19(12-17-8-4-3-5-9-17)22(16)23(26)25(2)21-13-18-10-6-7-11-20(18)27-21/h3-11,16,19,21-22,24H,12-15H2,1-2H3. The molecule has 27 heavy (non-hydrogen) atoms. The maximum absolute atomic E-state index is 13.5. The lowest BCUT2D eigenvalue weighted by Gasteiger charge is -2.39. The van der Waals surface area contributed by atoms with Crippen LogP contribution in [0.25, 0.3) is 0 Å². The molecule has 142 valence electrons. The zero-order valence-electron chi connectivity index (χ0n) is 16.1. The van der Waals surface area contributed by atoms with E-state index >= 15 is 0 Å². The molecular formula is C23H28N2O2. The number of ether oxygens (including phenoxy) is 1. The van der Waals surface area contributed by atoms with Crippen molar-refractivity contribution in [3.63, 3.8) is 0 Å². The van der Waals surface area contributed by atoms with Gasteiger partial charge in [-0.1, -0.05) is 55.5 Å². The number of piperidine rings is 1. The third-order valence-corrected chi connectivity index (χ3v) is 6.03. The normalized spacial score (nSPS) is 26.9. The summed E-state index contributed by atoms with van der Waals surface area (Å²) in [4.78, 5) is 15.3. The molecule has 4 nitrogen and oxygen atoms in total. The van der Waals surface area contributed by atoms with Crippen LogP contribution in [-0.2, 0) is 17.6 Å². The average Bonchev–Trinajstić information content (AvgIpc) is 3.12. The molecule has 1 saturated heterocycles. The smallest absolute Gasteiger partial charge is 0.228 e. The van der Waals surface area contributed by atoms with E-state index in [2.05, 4.69) is 42.6 Å². The van der Waals surface area contributed by atoms with Crippen molar-refractivity contribution >= 4 is 5.91 Å². The van der Waals surface area contributed by atoms with Crippen LogP contribution in [0.1, 0.15) is 18.1 Å². The summed E-state index contributed by atoms with van der Waals surface area (Å²) < 4.78 is 6.06. The van der Waals surface area contributed by atoms with Gasteiger partial charge in [0.1, 0.15) is 5.75 Å². The lowest BCUT2D eigenvalue weighted by molar-refractivity contribution is -0.145. The summed E-state index contributed by atoms with van der Waals surface area (Å²) >= 11 is 0. The highest BCUT2D eigenvalue weighted by atomic mass is 16.5. The first kappa shape index (κ1) is 18.1. The van der Waals surface area contributed by atoms with Crippen molar-refractivity contribution in [2.24, 2.45) is 17.8 Å². The number of carbonyl (C=O) groups is 1. The molecule has 4 rings (SSSR count). The van der Waals surface area contributed by atoms with E-state index in [0.29, 0.717) is 11.8 Å². The molecule has 4 heteroatoms. The van der Waals surface area contributed by atoms with Gasteiger partial charge >= 0.3 is 0 Å². The molecule has 2 aromatic carbocycles. The van der Waals surface area contributed by atoms with Crippen molar-refractivity contribution in [2.75, 3.05) is 20.1 Å². The Morgan fingerprint density at radius 1 is 1.11 bits per heavy atom. The van der Waals surface area contributed by atoms with Gasteiger partial charge in [-0.3, -0.25) is 4.79 Å². The lowest BCUT2D eigenvalue weighted by Crippen LogP contribution is -2.53. The highest BCUT2D eigenvalue weighted by Gasteiger charge is 2.40. The fourth-order valence-corrected chi connectivity index (χ4v) is 4.53. The number of amides is 1. The van der Waals surface area contributed by atoms with Crippen molar-refractivity contribution in [3.05, 3.63) is 65.7 Å². The van der Waals surface area contributed by atoms with Gasteiger partial charge in [0.05, 0.1) is 0 Å². The van der Waals surface area contributed by atoms with Gasteiger partial charge in [0.25, 0.3) is 0 Å². The Morgan fingerprint density at radius 2 is 1.85 bits per heavy atom. The second-order valence-corrected chi connectivity index (χ2v) is 7.94. The number of hydrogen-bond donors (Lipinski definition) is 1. The summed E-state index contributed by atoms with van der Waals surface area (Å²) in [6, 6.07) is 18.6. The van der Waals surface area contributed by atoms with E-state index < -0.39 is 0 Å². The predicted octanol–water partition coefficient (Wildman–Crippen LogP) is 3.12. The van der Waals surface area contributed by atoms with Crippen LogP contribution in [0.3, 0.4) is 0 Å². The molecule has 0 saturated carbocycles. The number of rotatable bonds is 4. The molecule has 0 radical (unpaired) electrons. The number of nitrogens with zero attached hydrogens (tertiary/aromatic N) is 1. The summed E-state index contributed by atoms with van der Waals surface area (Å²) in [5.74, 6) is 1.74. The lowest BCUT2D eigenvalue weighted by atomic mass is 9.75. The summed E-state index contributed by atoms with van der Waals surface area (Å²) in [6.07, 6.45) is 1.49. The maximum atomic E-state index is 13.5. The zero-order chi connectivity index (χ0) is 18.8. The van der Waals surface area contributed by atoms with Gasteiger partial charge in [-0.05, 0) is 48.5 Å². The number of nitrogens with one attached hydrogen (secondary N) is 1. The Hall–Kier alpha value is -2.33. The molecule has 0 bridgehead atoms. The highest BCUT2D eigenvalue weighted by Crippen LogP contribution is 2.33. The molecule has 2 aromatic rings. The van der Waals surface area contributed by atoms with Crippen molar-refractivity contribution in [1.29, 1.82) is 0 Å². The first-order valence-corrected chi connectivity index (χ1v) is 9.89. The van der Waals surface area contributed by atoms with Gasteiger partial charge in [-0.15, -0.1) is 0 Å². The third kappa shape index (κ3) is 3.72. The van der Waals surface area contributed by atoms with Crippen LogP contribution in [0.2, 0.25) is 0 Å². The molecule has 0 aliphatic carbocycles. The summed E-state index contributed by atoms with van der Waals surface area (Å²) in [6.45, 7) is 3.96. The second-order valence-electron chi connectivity index (χ2n) is 7.94. The Labute approximate surface area is 161 Å². The number of para-hydroxylation sites is 1. The molecule has 4 unspecified atom stereocenters. The number of fused-ring (bicyclic) bond motifs is 1. The minimum atomic E-state index is -0.200. The summed E-state index contributed by atoms with van der Waals surface area (Å²) in [5.41, 5.74) is 2.48. The van der Waals surface area contributed by atoms with Crippen LogP contribution < -0.4 is 10.1 Å². The molecule has 1 fully saturated rings. The molecule has 4 atom stereocenters. The van der Waals surface area contributed by atoms with E-state index in [4.69, 9.17) is 4.74 Å². The molecule has 2 aliphatic heterocycles. The van der Waals surface area contributed by atoms with E-state index in [9.17, 15) is 4.79 Å². The SMILES string of the molecule is CC1CNCC(Cc2ccccc2)C1C(=O)N(C)C1Cc2ccccc2O1. The molecule has 0 spiro atoms. The predicted molar refractivity (Wildman–Crippen MR) is 106 cm³/mol. The fraction of sp³-hybridized carbons (Fsp3) is 0.435. The molecule has 1 amide bonds. The van der Waals surface area contributed by atoms with E-state index in [-0.39, 0.29) is 18.1 Å². The Balaban J connectivity index is 1.49. The van der Waals surface area contributed by atoms with Crippen LogP contribution in [0.4, 0.5) is 0 Å². The van der Waals surface area contributed by atoms with E-state index in [1.807, 2.05) is 36.2 Å². The molecule has 0 aromatic heterocycles. The fourth-order valence-electron chi connectivity index (χ4n) is 4.53. The third-order valence-electron chi connectivity index (χ3n) is 6.03. The van der Waals surface area contributed by atoms with E-state index in [0.717, 1.165) is 31.7 Å². The molecule has 1 N–H and O–H groups in total. The summed E-state index contributed by atoms with van der Waals surface area (Å²) in [7, 11) is 1.90. The first-order valence-electron chi connectivity index (χ1n) is 9.89. The quantitative estimate of drug-likeness (QED) is 0.906. The van der Waals surface area contributed by atoms with Crippen molar-refractivity contribution in [1.82, 2.24) is 10.2 Å². The molecule has 2 heterocycles. The van der Waals surface area contributed by atoms with Gasteiger partial charge in [-0.25, -0.2) is 0 Å². The minimum Gasteiger partial charge on any atom is -0.470 e. The Morgan fingerprint density at radius 3 is 2.63 bits per heavy atom. The van der Waals surface area contributed by atoms with Crippen LogP contribution in [0.5, 0.6) is 5.75 Å². The van der Waals surface area contributed by atoms with Gasteiger partial charge < -0.3 is 15.0 Å². The summed E-state index contributed by atoms with van der Waals surface area (Å²) in [5, 5.41) is 3.51. The van der Waals surface area contributed by atoms with Crippen LogP contribution >= 0.6 is 0 Å². The van der Waals surface area contributed by atoms with Crippen molar-refractivity contribution in [3.8, 4) is 5.75 Å². The van der Waals surface area contributed by atoms with Crippen molar-refractivity contribution < 1.29 is 9.53 Å². The zero-order valence-corrected chi connectivity index (χ0v) is 16.1. The Kier molecular flexibility index (Phi) is 5.17. The molecule has 2 aliphatic rings. The van der Waals surface area contributed by atoms with Crippen LogP contribution in [0, 0.1) is 17.8 Å². The van der Waals surface area contributed by atoms with Crippen LogP contribution in [-0.4, -0.2) is 37.2 Å². The van der Waals surface area contributed by atoms with Crippen LogP contribution in [0.15, 0.2) is 54.6 Å². The first-order chi connectivity index (χ1) is 13.1. The van der Waals surface area contributed by atoms with Gasteiger partial charge in [-0.2, -0.15) is 0 Å². The van der Waals surface area contributed by atoms with Gasteiger partial charge in [0, 0.05) is 19.4 Å². The monoisotopic (exact) mass is 364 g/mol. The average molecular weight is 364 g/mol.